The normalized spacial score (nSPS) is 10.4. The van der Waals surface area contributed by atoms with E-state index < -0.39 is 0 Å². The van der Waals surface area contributed by atoms with Crippen LogP contribution in [0.3, 0.4) is 0 Å². The van der Waals surface area contributed by atoms with Gasteiger partial charge in [-0.25, -0.2) is 9.97 Å². The minimum Gasteiger partial charge on any atom is -0.478 e. The molecule has 0 saturated heterocycles. The molecule has 2 aromatic rings. The molecule has 0 aliphatic carbocycles. The number of aromatic amines is 1. The van der Waals surface area contributed by atoms with Gasteiger partial charge < -0.3 is 15.0 Å². The van der Waals surface area contributed by atoms with Crippen molar-refractivity contribution < 1.29 is 4.74 Å². The molecule has 0 amide bonds. The number of nitrogens with one attached hydrogen (secondary N) is 2. The van der Waals surface area contributed by atoms with Gasteiger partial charge in [-0.05, 0) is 20.3 Å². The predicted molar refractivity (Wildman–Crippen MR) is 73.3 cm³/mol. The number of ether oxygens (including phenoxy) is 1. The fraction of sp³-hybridized carbons (Fsp3) is 0.462. The van der Waals surface area contributed by atoms with E-state index in [9.17, 15) is 0 Å². The van der Waals surface area contributed by atoms with E-state index in [1.54, 1.807) is 6.20 Å². The van der Waals surface area contributed by atoms with Gasteiger partial charge in [0.1, 0.15) is 5.82 Å². The Bertz CT molecular complexity index is 498. The number of anilines is 1. The van der Waals surface area contributed by atoms with Gasteiger partial charge in [-0.3, -0.25) is 0 Å². The molecule has 2 rings (SSSR count). The first-order valence-corrected chi connectivity index (χ1v) is 6.48. The average molecular weight is 261 g/mol. The maximum absolute atomic E-state index is 5.39. The van der Waals surface area contributed by atoms with Gasteiger partial charge in [0.15, 0.2) is 0 Å². The van der Waals surface area contributed by atoms with Crippen molar-refractivity contribution in [1.29, 1.82) is 0 Å². The van der Waals surface area contributed by atoms with Gasteiger partial charge in [0.05, 0.1) is 6.61 Å². The zero-order chi connectivity index (χ0) is 13.5. The van der Waals surface area contributed by atoms with Crippen molar-refractivity contribution in [2.75, 3.05) is 18.5 Å². The largest absolute Gasteiger partial charge is 0.478 e. The molecule has 102 valence electrons. The third-order valence-electron chi connectivity index (χ3n) is 2.55. The molecule has 6 nitrogen and oxygen atoms in total. The number of hydrogen-bond acceptors (Lipinski definition) is 5. The molecule has 0 aliphatic rings. The summed E-state index contributed by atoms with van der Waals surface area (Å²) in [5.41, 5.74) is 0.895. The van der Waals surface area contributed by atoms with Crippen LogP contribution in [-0.2, 0) is 6.42 Å². The number of nitrogens with zero attached hydrogens (tertiary/aromatic N) is 3. The number of imidazole rings is 1. The number of aryl methyl sites for hydroxylation is 2. The first kappa shape index (κ1) is 13.3. The van der Waals surface area contributed by atoms with E-state index in [0.29, 0.717) is 18.4 Å². The van der Waals surface area contributed by atoms with Crippen molar-refractivity contribution >= 4 is 5.95 Å². The van der Waals surface area contributed by atoms with Crippen LogP contribution in [0.1, 0.15) is 24.9 Å². The van der Waals surface area contributed by atoms with Gasteiger partial charge in [0.25, 0.3) is 0 Å². The second-order valence-electron chi connectivity index (χ2n) is 4.17. The summed E-state index contributed by atoms with van der Waals surface area (Å²) in [6, 6.07) is 1.83. The smallest absolute Gasteiger partial charge is 0.226 e. The zero-order valence-corrected chi connectivity index (χ0v) is 11.3. The van der Waals surface area contributed by atoms with Crippen molar-refractivity contribution in [2.24, 2.45) is 0 Å². The van der Waals surface area contributed by atoms with E-state index in [4.69, 9.17) is 4.74 Å². The van der Waals surface area contributed by atoms with Crippen LogP contribution in [0.4, 0.5) is 5.95 Å². The molecular weight excluding hydrogens is 242 g/mol. The number of aromatic nitrogens is 4. The van der Waals surface area contributed by atoms with Gasteiger partial charge >= 0.3 is 0 Å². The van der Waals surface area contributed by atoms with Gasteiger partial charge in [-0.15, -0.1) is 0 Å². The monoisotopic (exact) mass is 261 g/mol. The van der Waals surface area contributed by atoms with Gasteiger partial charge in [0, 0.05) is 37.1 Å². The van der Waals surface area contributed by atoms with Crippen LogP contribution in [0, 0.1) is 6.92 Å². The van der Waals surface area contributed by atoms with E-state index in [1.807, 2.05) is 26.1 Å². The molecule has 0 radical (unpaired) electrons. The molecule has 0 saturated carbocycles. The minimum absolute atomic E-state index is 0.606. The fourth-order valence-electron chi connectivity index (χ4n) is 1.73. The summed E-state index contributed by atoms with van der Waals surface area (Å²) in [5.74, 6) is 2.23. The van der Waals surface area contributed by atoms with Crippen LogP contribution < -0.4 is 10.1 Å². The van der Waals surface area contributed by atoms with Crippen LogP contribution >= 0.6 is 0 Å². The number of H-pyrrole nitrogens is 1. The standard InChI is InChI=1S/C13H19N5O/c1-3-19-12-9-10(2)17-13(18-12)16-6-4-5-11-14-7-8-15-11/h7-9H,3-6H2,1-2H3,(H,14,15)(H,16,17,18). The lowest BCUT2D eigenvalue weighted by atomic mass is 10.3. The Morgan fingerprint density at radius 1 is 1.37 bits per heavy atom. The molecule has 2 aromatic heterocycles. The predicted octanol–water partition coefficient (Wildman–Crippen LogP) is 1.95. The van der Waals surface area contributed by atoms with Crippen LogP contribution in [-0.4, -0.2) is 33.1 Å². The summed E-state index contributed by atoms with van der Waals surface area (Å²) >= 11 is 0. The fourth-order valence-corrected chi connectivity index (χ4v) is 1.73. The highest BCUT2D eigenvalue weighted by atomic mass is 16.5. The summed E-state index contributed by atoms with van der Waals surface area (Å²) in [6.07, 6.45) is 5.47. The molecule has 0 atom stereocenters. The highest BCUT2D eigenvalue weighted by molar-refractivity contribution is 5.30. The molecule has 0 spiro atoms. The highest BCUT2D eigenvalue weighted by Gasteiger charge is 2.02. The van der Waals surface area contributed by atoms with Crippen LogP contribution in [0.15, 0.2) is 18.5 Å². The maximum Gasteiger partial charge on any atom is 0.226 e. The summed E-state index contributed by atoms with van der Waals surface area (Å²) < 4.78 is 5.39. The van der Waals surface area contributed by atoms with Crippen molar-refractivity contribution in [3.05, 3.63) is 30.0 Å². The van der Waals surface area contributed by atoms with Crippen molar-refractivity contribution in [1.82, 2.24) is 19.9 Å². The molecule has 0 bridgehead atoms. The van der Waals surface area contributed by atoms with Gasteiger partial charge in [-0.2, -0.15) is 4.98 Å². The Morgan fingerprint density at radius 2 is 2.26 bits per heavy atom. The van der Waals surface area contributed by atoms with Gasteiger partial charge in [0.2, 0.25) is 11.8 Å². The zero-order valence-electron chi connectivity index (χ0n) is 11.3. The van der Waals surface area contributed by atoms with Crippen molar-refractivity contribution in [3.63, 3.8) is 0 Å². The lowest BCUT2D eigenvalue weighted by Crippen LogP contribution is -2.08. The lowest BCUT2D eigenvalue weighted by Gasteiger charge is -2.08. The molecule has 19 heavy (non-hydrogen) atoms. The molecule has 2 heterocycles. The second kappa shape index (κ2) is 6.72. The van der Waals surface area contributed by atoms with Crippen LogP contribution in [0.5, 0.6) is 5.88 Å². The molecule has 0 fully saturated rings. The molecule has 2 N–H and O–H groups in total. The van der Waals surface area contributed by atoms with Crippen molar-refractivity contribution in [3.8, 4) is 5.88 Å². The Kier molecular flexibility index (Phi) is 4.72. The molecule has 0 aliphatic heterocycles. The average Bonchev–Trinajstić information content (AvgIpc) is 2.87. The highest BCUT2D eigenvalue weighted by Crippen LogP contribution is 2.11. The van der Waals surface area contributed by atoms with E-state index in [0.717, 1.165) is 30.9 Å². The summed E-state index contributed by atoms with van der Waals surface area (Å²) in [7, 11) is 0. The van der Waals surface area contributed by atoms with Crippen LogP contribution in [0.2, 0.25) is 0 Å². The number of rotatable bonds is 7. The third kappa shape index (κ3) is 4.24. The van der Waals surface area contributed by atoms with Gasteiger partial charge in [-0.1, -0.05) is 0 Å². The molecule has 6 heteroatoms. The molecular formula is C13H19N5O. The second-order valence-corrected chi connectivity index (χ2v) is 4.17. The maximum atomic E-state index is 5.39. The van der Waals surface area contributed by atoms with E-state index in [-0.39, 0.29) is 0 Å². The summed E-state index contributed by atoms with van der Waals surface area (Å²) in [4.78, 5) is 15.9. The molecule has 0 aromatic carbocycles. The Hall–Kier alpha value is -2.11. The number of hydrogen-bond donors (Lipinski definition) is 2. The van der Waals surface area contributed by atoms with E-state index in [2.05, 4.69) is 25.3 Å². The SMILES string of the molecule is CCOc1cc(C)nc(NCCCc2ncc[nH]2)n1. The third-order valence-corrected chi connectivity index (χ3v) is 2.55. The Morgan fingerprint density at radius 3 is 3.00 bits per heavy atom. The topological polar surface area (TPSA) is 75.7 Å². The Labute approximate surface area is 112 Å². The first-order chi connectivity index (χ1) is 9.28. The summed E-state index contributed by atoms with van der Waals surface area (Å²) in [6.45, 7) is 5.27. The van der Waals surface area contributed by atoms with E-state index >= 15 is 0 Å². The van der Waals surface area contributed by atoms with Crippen LogP contribution in [0.25, 0.3) is 0 Å². The molecule has 0 unspecified atom stereocenters. The first-order valence-electron chi connectivity index (χ1n) is 6.48. The minimum atomic E-state index is 0.606. The Balaban J connectivity index is 1.81. The van der Waals surface area contributed by atoms with Crippen molar-refractivity contribution in [2.45, 2.75) is 26.7 Å². The lowest BCUT2D eigenvalue weighted by molar-refractivity contribution is 0.326. The van der Waals surface area contributed by atoms with E-state index in [1.165, 1.54) is 0 Å². The summed E-state index contributed by atoms with van der Waals surface area (Å²) in [5, 5.41) is 3.20. The quantitative estimate of drug-likeness (QED) is 0.745.